The van der Waals surface area contributed by atoms with Crippen molar-refractivity contribution in [3.63, 3.8) is 0 Å². The summed E-state index contributed by atoms with van der Waals surface area (Å²) in [5, 5.41) is 10.7. The Morgan fingerprint density at radius 2 is 1.90 bits per heavy atom. The van der Waals surface area contributed by atoms with Gasteiger partial charge in [-0.05, 0) is 18.8 Å². The number of halogens is 2. The summed E-state index contributed by atoms with van der Waals surface area (Å²) in [6.07, 6.45) is 2.52. The molecule has 2 amide bonds. The Hall–Kier alpha value is -2.95. The average molecular weight is 448 g/mol. The largest absolute Gasteiger partial charge is 0.341 e. The van der Waals surface area contributed by atoms with Crippen LogP contribution in [0.5, 0.6) is 0 Å². The van der Waals surface area contributed by atoms with Gasteiger partial charge in [0.1, 0.15) is 11.6 Å². The van der Waals surface area contributed by atoms with Crippen molar-refractivity contribution >= 4 is 39.3 Å². The van der Waals surface area contributed by atoms with Crippen LogP contribution in [0.2, 0.25) is 0 Å². The zero-order valence-electron chi connectivity index (χ0n) is 17.1. The summed E-state index contributed by atoms with van der Waals surface area (Å²) < 4.78 is 29.0. The van der Waals surface area contributed by atoms with Gasteiger partial charge in [0.15, 0.2) is 11.6 Å². The van der Waals surface area contributed by atoms with E-state index in [-0.39, 0.29) is 23.7 Å². The molecule has 0 aliphatic carbocycles. The number of aromatic nitrogens is 4. The van der Waals surface area contributed by atoms with E-state index >= 15 is 0 Å². The second-order valence-electron chi connectivity index (χ2n) is 7.93. The van der Waals surface area contributed by atoms with Crippen LogP contribution in [0.1, 0.15) is 32.7 Å². The van der Waals surface area contributed by atoms with Crippen LogP contribution in [0.3, 0.4) is 0 Å². The molecule has 8 nitrogen and oxygen atoms in total. The predicted molar refractivity (Wildman–Crippen MR) is 111 cm³/mol. The van der Waals surface area contributed by atoms with Crippen molar-refractivity contribution in [1.29, 1.82) is 0 Å². The first-order chi connectivity index (χ1) is 14.8. The molecule has 3 heterocycles. The molecule has 11 heteroatoms. The molecule has 0 radical (unpaired) electrons. The van der Waals surface area contributed by atoms with Gasteiger partial charge in [-0.3, -0.25) is 9.59 Å². The molecule has 0 bridgehead atoms. The number of anilines is 1. The highest BCUT2D eigenvalue weighted by atomic mass is 32.1. The number of hydrogen-bond donors (Lipinski definition) is 1. The Kier molecular flexibility index (Phi) is 5.94. The fraction of sp³-hybridized carbons (Fsp3) is 0.450. The first kappa shape index (κ1) is 21.3. The first-order valence-electron chi connectivity index (χ1n) is 10.0. The number of amides is 2. The summed E-state index contributed by atoms with van der Waals surface area (Å²) in [5.41, 5.74) is 2.21. The quantitative estimate of drug-likeness (QED) is 0.647. The third kappa shape index (κ3) is 4.27. The van der Waals surface area contributed by atoms with Gasteiger partial charge in [0, 0.05) is 31.1 Å². The third-order valence-corrected chi connectivity index (χ3v) is 6.18. The molecule has 1 atom stereocenters. The van der Waals surface area contributed by atoms with Gasteiger partial charge in [-0.15, -0.1) is 10.2 Å². The molecule has 1 aromatic carbocycles. The Bertz CT molecular complexity index is 1090. The lowest BCUT2D eigenvalue weighted by atomic mass is 9.94. The second kappa shape index (κ2) is 8.66. The van der Waals surface area contributed by atoms with Crippen LogP contribution in [-0.4, -0.2) is 49.6 Å². The molecule has 4 rings (SSSR count). The van der Waals surface area contributed by atoms with Crippen LogP contribution in [-0.2, 0) is 9.59 Å². The van der Waals surface area contributed by atoms with Gasteiger partial charge in [0.05, 0.1) is 17.4 Å². The molecule has 0 saturated carbocycles. The van der Waals surface area contributed by atoms with Crippen molar-refractivity contribution in [3.05, 3.63) is 35.6 Å². The highest BCUT2D eigenvalue weighted by Crippen LogP contribution is 2.29. The van der Waals surface area contributed by atoms with Crippen molar-refractivity contribution in [2.24, 2.45) is 11.8 Å². The van der Waals surface area contributed by atoms with Gasteiger partial charge in [0.2, 0.25) is 16.9 Å². The van der Waals surface area contributed by atoms with E-state index < -0.39 is 17.7 Å². The van der Waals surface area contributed by atoms with Gasteiger partial charge in [0.25, 0.3) is 0 Å². The Labute approximate surface area is 181 Å². The van der Waals surface area contributed by atoms with Crippen molar-refractivity contribution in [3.8, 4) is 0 Å². The maximum Gasteiger partial charge on any atom is 0.245 e. The molecular formula is C20H22F2N6O2S. The first-order valence-corrected chi connectivity index (χ1v) is 10.9. The zero-order chi connectivity index (χ0) is 22.1. The van der Waals surface area contributed by atoms with Crippen molar-refractivity contribution < 1.29 is 18.4 Å². The van der Waals surface area contributed by atoms with Gasteiger partial charge >= 0.3 is 0 Å². The van der Waals surface area contributed by atoms with E-state index in [0.29, 0.717) is 42.1 Å². The number of imidazole rings is 1. The van der Waals surface area contributed by atoms with E-state index in [9.17, 15) is 18.4 Å². The van der Waals surface area contributed by atoms with Crippen LogP contribution in [0, 0.1) is 23.5 Å². The smallest absolute Gasteiger partial charge is 0.245 e. The fourth-order valence-corrected chi connectivity index (χ4v) is 4.40. The van der Waals surface area contributed by atoms with Crippen LogP contribution in [0.25, 0.3) is 11.0 Å². The van der Waals surface area contributed by atoms with Crippen LogP contribution in [0.15, 0.2) is 24.0 Å². The van der Waals surface area contributed by atoms with Gasteiger partial charge in [-0.2, -0.15) is 0 Å². The molecule has 2 aromatic heterocycles. The van der Waals surface area contributed by atoms with Crippen LogP contribution < -0.4 is 5.32 Å². The molecule has 31 heavy (non-hydrogen) atoms. The highest BCUT2D eigenvalue weighted by Gasteiger charge is 2.34. The standard InChI is InChI=1S/C20H22F2N6O2S/c1-11(2)17(28-9-23-15-7-13(21)14(22)8-16(15)28)19(30)27-5-3-12(4-6-27)18(29)25-20-26-24-10-31-20/h7-12,17H,3-6H2,1-2H3,(H,25,26,29). The number of likely N-dealkylation sites (tertiary alicyclic amines) is 1. The van der Waals surface area contributed by atoms with E-state index in [1.54, 1.807) is 15.0 Å². The summed E-state index contributed by atoms with van der Waals surface area (Å²) in [4.78, 5) is 31.7. The molecule has 1 aliphatic heterocycles. The minimum Gasteiger partial charge on any atom is -0.341 e. The fourth-order valence-electron chi connectivity index (χ4n) is 3.95. The highest BCUT2D eigenvalue weighted by molar-refractivity contribution is 7.13. The topological polar surface area (TPSA) is 93.0 Å². The Balaban J connectivity index is 1.48. The molecular weight excluding hydrogens is 426 g/mol. The number of nitrogens with zero attached hydrogens (tertiary/aromatic N) is 5. The van der Waals surface area contributed by atoms with Gasteiger partial charge < -0.3 is 14.8 Å². The Morgan fingerprint density at radius 1 is 1.19 bits per heavy atom. The molecule has 3 aromatic rings. The molecule has 164 valence electrons. The lowest BCUT2D eigenvalue weighted by Gasteiger charge is -2.35. The number of carbonyl (C=O) groups is 2. The van der Waals surface area contributed by atoms with E-state index in [1.165, 1.54) is 17.7 Å². The number of piperidine rings is 1. The van der Waals surface area contributed by atoms with Gasteiger partial charge in [-0.1, -0.05) is 25.2 Å². The van der Waals surface area contributed by atoms with E-state index in [2.05, 4.69) is 20.5 Å². The third-order valence-electron chi connectivity index (χ3n) is 5.57. The lowest BCUT2D eigenvalue weighted by molar-refractivity contribution is -0.138. The molecule has 1 fully saturated rings. The summed E-state index contributed by atoms with van der Waals surface area (Å²) in [5.74, 6) is -2.51. The molecule has 0 spiro atoms. The summed E-state index contributed by atoms with van der Waals surface area (Å²) in [6, 6.07) is 1.50. The minimum atomic E-state index is -0.980. The number of benzene rings is 1. The molecule has 1 aliphatic rings. The monoisotopic (exact) mass is 448 g/mol. The number of fused-ring (bicyclic) bond motifs is 1. The lowest BCUT2D eigenvalue weighted by Crippen LogP contribution is -2.45. The SMILES string of the molecule is CC(C)C(C(=O)N1CCC(C(=O)Nc2nncs2)CC1)n1cnc2cc(F)c(F)cc21. The van der Waals surface area contributed by atoms with Gasteiger partial charge in [-0.25, -0.2) is 13.8 Å². The summed E-state index contributed by atoms with van der Waals surface area (Å²) >= 11 is 1.25. The van der Waals surface area contributed by atoms with E-state index in [1.807, 2.05) is 13.8 Å². The van der Waals surface area contributed by atoms with Crippen molar-refractivity contribution in [1.82, 2.24) is 24.6 Å². The predicted octanol–water partition coefficient (Wildman–Crippen LogP) is 3.24. The second-order valence-corrected chi connectivity index (χ2v) is 8.76. The maximum atomic E-state index is 13.8. The molecule has 1 unspecified atom stereocenters. The normalized spacial score (nSPS) is 16.1. The van der Waals surface area contributed by atoms with Crippen molar-refractivity contribution in [2.45, 2.75) is 32.7 Å². The van der Waals surface area contributed by atoms with Crippen LogP contribution >= 0.6 is 11.3 Å². The van der Waals surface area contributed by atoms with E-state index in [4.69, 9.17) is 0 Å². The number of carbonyl (C=O) groups excluding carboxylic acids is 2. The maximum absolute atomic E-state index is 13.8. The number of rotatable bonds is 5. The number of hydrogen-bond acceptors (Lipinski definition) is 6. The van der Waals surface area contributed by atoms with Crippen molar-refractivity contribution in [2.75, 3.05) is 18.4 Å². The summed E-state index contributed by atoms with van der Waals surface area (Å²) in [6.45, 7) is 4.67. The van der Waals surface area contributed by atoms with Crippen LogP contribution in [0.4, 0.5) is 13.9 Å². The Morgan fingerprint density at radius 3 is 2.55 bits per heavy atom. The molecule has 1 N–H and O–H groups in total. The average Bonchev–Trinajstić information content (AvgIpc) is 3.39. The minimum absolute atomic E-state index is 0.101. The number of nitrogens with one attached hydrogen (secondary N) is 1. The molecule has 1 saturated heterocycles. The van der Waals surface area contributed by atoms with E-state index in [0.717, 1.165) is 12.1 Å². The zero-order valence-corrected chi connectivity index (χ0v) is 17.9. The summed E-state index contributed by atoms with van der Waals surface area (Å²) in [7, 11) is 0.